The molecule has 1 fully saturated rings. The van der Waals surface area contributed by atoms with Gasteiger partial charge in [-0.25, -0.2) is 4.39 Å². The molecule has 0 saturated carbocycles. The van der Waals surface area contributed by atoms with Crippen molar-refractivity contribution in [3.63, 3.8) is 0 Å². The van der Waals surface area contributed by atoms with E-state index in [9.17, 15) is 4.39 Å². The predicted octanol–water partition coefficient (Wildman–Crippen LogP) is 2.71. The summed E-state index contributed by atoms with van der Waals surface area (Å²) in [5.74, 6) is -1.40. The van der Waals surface area contributed by atoms with Crippen molar-refractivity contribution in [1.29, 1.82) is 0 Å². The molecule has 1 saturated heterocycles. The molecule has 1 aromatic carbocycles. The highest BCUT2D eigenvalue weighted by atomic mass is 19.2. The van der Waals surface area contributed by atoms with Gasteiger partial charge in [-0.1, -0.05) is 30.3 Å². The summed E-state index contributed by atoms with van der Waals surface area (Å²) in [7, 11) is 0. The lowest BCUT2D eigenvalue weighted by molar-refractivity contribution is -0.104. The molecule has 13 heavy (non-hydrogen) atoms. The largest absolute Gasteiger partial charge is 0.345 e. The van der Waals surface area contributed by atoms with Crippen molar-refractivity contribution in [3.05, 3.63) is 35.9 Å². The van der Waals surface area contributed by atoms with Gasteiger partial charge in [0, 0.05) is 12.8 Å². The molecule has 1 nitrogen and oxygen atoms in total. The lowest BCUT2D eigenvalue weighted by Gasteiger charge is -2.18. The van der Waals surface area contributed by atoms with Gasteiger partial charge >= 0.3 is 0 Å². The van der Waals surface area contributed by atoms with E-state index in [1.807, 2.05) is 30.3 Å². The molecular weight excluding hydrogens is 167 g/mol. The van der Waals surface area contributed by atoms with Crippen LogP contribution in [0.3, 0.4) is 0 Å². The Morgan fingerprint density at radius 1 is 1.31 bits per heavy atom. The number of hydrogen-bond donors (Lipinski definition) is 0. The molecule has 70 valence electrons. The summed E-state index contributed by atoms with van der Waals surface area (Å²) in [4.78, 5) is 0. The second-order valence-electron chi connectivity index (χ2n) is 3.50. The highest BCUT2D eigenvalue weighted by molar-refractivity contribution is 5.16. The van der Waals surface area contributed by atoms with Gasteiger partial charge in [-0.3, -0.25) is 0 Å². The van der Waals surface area contributed by atoms with Gasteiger partial charge in [0.15, 0.2) is 0 Å². The number of ether oxygens (including phenoxy) is 1. The molecule has 1 atom stereocenters. The van der Waals surface area contributed by atoms with E-state index in [0.29, 0.717) is 19.4 Å². The molecule has 0 spiro atoms. The maximum Gasteiger partial charge on any atom is 0.213 e. The Bertz CT molecular complexity index is 265. The maximum absolute atomic E-state index is 13.8. The van der Waals surface area contributed by atoms with Gasteiger partial charge in [0.25, 0.3) is 0 Å². The summed E-state index contributed by atoms with van der Waals surface area (Å²) in [6.07, 6.45) is 1.75. The highest BCUT2D eigenvalue weighted by Crippen LogP contribution is 2.30. The Morgan fingerprint density at radius 3 is 2.69 bits per heavy atom. The van der Waals surface area contributed by atoms with Crippen molar-refractivity contribution in [1.82, 2.24) is 0 Å². The second-order valence-corrected chi connectivity index (χ2v) is 3.50. The third kappa shape index (κ3) is 2.07. The van der Waals surface area contributed by atoms with E-state index in [-0.39, 0.29) is 0 Å². The second kappa shape index (κ2) is 3.46. The van der Waals surface area contributed by atoms with E-state index in [2.05, 4.69) is 0 Å². The van der Waals surface area contributed by atoms with Gasteiger partial charge in [0.05, 0.1) is 6.61 Å². The molecule has 0 amide bonds. The number of rotatable bonds is 2. The third-order valence-electron chi connectivity index (χ3n) is 2.37. The van der Waals surface area contributed by atoms with Gasteiger partial charge in [-0.15, -0.1) is 0 Å². The molecular formula is C11H13FO. The zero-order valence-electron chi connectivity index (χ0n) is 7.50. The average molecular weight is 180 g/mol. The summed E-state index contributed by atoms with van der Waals surface area (Å²) in [5, 5.41) is 0. The van der Waals surface area contributed by atoms with Crippen molar-refractivity contribution in [3.8, 4) is 0 Å². The van der Waals surface area contributed by atoms with Crippen LogP contribution in [0.5, 0.6) is 0 Å². The summed E-state index contributed by atoms with van der Waals surface area (Å²) in [6.45, 7) is 0.559. The molecule has 1 unspecified atom stereocenters. The van der Waals surface area contributed by atoms with Gasteiger partial charge in [0.1, 0.15) is 0 Å². The Morgan fingerprint density at radius 2 is 2.08 bits per heavy atom. The van der Waals surface area contributed by atoms with E-state index in [0.717, 1.165) is 12.0 Å². The van der Waals surface area contributed by atoms with E-state index in [1.165, 1.54) is 0 Å². The first-order chi connectivity index (χ1) is 6.29. The Labute approximate surface area is 77.5 Å². The van der Waals surface area contributed by atoms with Crippen molar-refractivity contribution >= 4 is 0 Å². The van der Waals surface area contributed by atoms with Crippen LogP contribution in [0, 0.1) is 0 Å². The van der Waals surface area contributed by atoms with Crippen LogP contribution in [0.4, 0.5) is 4.39 Å². The lowest BCUT2D eigenvalue weighted by atomic mass is 10.0. The Hall–Kier alpha value is -0.890. The fourth-order valence-electron chi connectivity index (χ4n) is 1.70. The van der Waals surface area contributed by atoms with Crippen LogP contribution in [0.2, 0.25) is 0 Å². The van der Waals surface area contributed by atoms with E-state index in [4.69, 9.17) is 4.74 Å². The standard InChI is InChI=1S/C11H13FO/c12-11(7-4-8-13-11)9-10-5-2-1-3-6-10/h1-3,5-6H,4,7-9H2. The van der Waals surface area contributed by atoms with Crippen LogP contribution in [0.1, 0.15) is 18.4 Å². The minimum Gasteiger partial charge on any atom is -0.345 e. The van der Waals surface area contributed by atoms with Gasteiger partial charge in [-0.05, 0) is 12.0 Å². The SMILES string of the molecule is FC1(Cc2ccccc2)CCCO1. The van der Waals surface area contributed by atoms with Crippen LogP contribution < -0.4 is 0 Å². The summed E-state index contributed by atoms with van der Waals surface area (Å²) in [6, 6.07) is 9.65. The van der Waals surface area contributed by atoms with Crippen molar-refractivity contribution in [2.75, 3.05) is 6.61 Å². The maximum atomic E-state index is 13.8. The molecule has 1 aromatic rings. The molecule has 0 bridgehead atoms. The number of alkyl halides is 1. The first kappa shape index (κ1) is 8.70. The summed E-state index contributed by atoms with van der Waals surface area (Å²) >= 11 is 0. The first-order valence-electron chi connectivity index (χ1n) is 4.65. The van der Waals surface area contributed by atoms with Gasteiger partial charge in [-0.2, -0.15) is 0 Å². The molecule has 2 heteroatoms. The molecule has 0 aromatic heterocycles. The molecule has 1 aliphatic rings. The summed E-state index contributed by atoms with van der Waals surface area (Å²) in [5.41, 5.74) is 1.01. The monoisotopic (exact) mass is 180 g/mol. The molecule has 0 aliphatic carbocycles. The third-order valence-corrected chi connectivity index (χ3v) is 2.37. The fraction of sp³-hybridized carbons (Fsp3) is 0.455. The Kier molecular flexibility index (Phi) is 2.32. The van der Waals surface area contributed by atoms with Crippen LogP contribution >= 0.6 is 0 Å². The minimum absolute atomic E-state index is 0.383. The van der Waals surface area contributed by atoms with Crippen LogP contribution in [0.15, 0.2) is 30.3 Å². The van der Waals surface area contributed by atoms with Crippen LogP contribution in [0.25, 0.3) is 0 Å². The Balaban J connectivity index is 2.05. The zero-order chi connectivity index (χ0) is 9.15. The van der Waals surface area contributed by atoms with Gasteiger partial charge in [0.2, 0.25) is 5.85 Å². The number of benzene rings is 1. The molecule has 2 rings (SSSR count). The lowest BCUT2D eigenvalue weighted by Crippen LogP contribution is -2.23. The van der Waals surface area contributed by atoms with E-state index < -0.39 is 5.85 Å². The van der Waals surface area contributed by atoms with Crippen LogP contribution in [-0.2, 0) is 11.2 Å². The quantitative estimate of drug-likeness (QED) is 0.680. The van der Waals surface area contributed by atoms with E-state index in [1.54, 1.807) is 0 Å². The van der Waals surface area contributed by atoms with Gasteiger partial charge < -0.3 is 4.74 Å². The van der Waals surface area contributed by atoms with Crippen molar-refractivity contribution < 1.29 is 9.13 Å². The zero-order valence-corrected chi connectivity index (χ0v) is 7.50. The van der Waals surface area contributed by atoms with E-state index >= 15 is 0 Å². The first-order valence-corrected chi connectivity index (χ1v) is 4.65. The average Bonchev–Trinajstić information content (AvgIpc) is 2.54. The summed E-state index contributed by atoms with van der Waals surface area (Å²) < 4.78 is 18.9. The smallest absolute Gasteiger partial charge is 0.213 e. The normalized spacial score (nSPS) is 27.8. The highest BCUT2D eigenvalue weighted by Gasteiger charge is 2.34. The van der Waals surface area contributed by atoms with Crippen LogP contribution in [-0.4, -0.2) is 12.5 Å². The number of hydrogen-bond acceptors (Lipinski definition) is 1. The van der Waals surface area contributed by atoms with Crippen molar-refractivity contribution in [2.24, 2.45) is 0 Å². The fourth-order valence-corrected chi connectivity index (χ4v) is 1.70. The molecule has 1 heterocycles. The molecule has 0 radical (unpaired) electrons. The molecule has 1 aliphatic heterocycles. The predicted molar refractivity (Wildman–Crippen MR) is 49.2 cm³/mol. The topological polar surface area (TPSA) is 9.23 Å². The van der Waals surface area contributed by atoms with Crippen molar-refractivity contribution in [2.45, 2.75) is 25.1 Å². The minimum atomic E-state index is -1.40. The number of halogens is 1. The molecule has 0 N–H and O–H groups in total.